The summed E-state index contributed by atoms with van der Waals surface area (Å²) >= 11 is 0. The van der Waals surface area contributed by atoms with Gasteiger partial charge in [0.15, 0.2) is 24.4 Å². The number of aliphatic imine (C=N–C) groups is 2. The fourth-order valence-corrected chi connectivity index (χ4v) is 12.2. The molecular weight excluding hydrogens is 1310 g/mol. The second-order valence-electron chi connectivity index (χ2n) is 24.9. The van der Waals surface area contributed by atoms with Crippen molar-refractivity contribution in [2.75, 3.05) is 46.1 Å². The van der Waals surface area contributed by atoms with Crippen molar-refractivity contribution in [2.45, 2.75) is 179 Å². The van der Waals surface area contributed by atoms with Gasteiger partial charge in [-0.15, -0.1) is 0 Å². The molecule has 0 radical (unpaired) electrons. The third kappa shape index (κ3) is 17.6. The molecule has 4 fully saturated rings. The molecule has 37 heteroatoms. The number of aliphatic hydroxyl groups excluding tert-OH is 13. The Morgan fingerprint density at radius 1 is 0.576 bits per heavy atom. The Morgan fingerprint density at radius 3 is 1.83 bits per heavy atom. The molecule has 3 aromatic carbocycles. The van der Waals surface area contributed by atoms with Gasteiger partial charge in [0.25, 0.3) is 0 Å². The van der Waals surface area contributed by atoms with Crippen molar-refractivity contribution in [3.8, 4) is 5.75 Å². The number of carbonyl (C=O) groups is 6. The summed E-state index contributed by atoms with van der Waals surface area (Å²) in [5.41, 5.74) is 14.7. The molecule has 544 valence electrons. The fourth-order valence-electron chi connectivity index (χ4n) is 12.2. The molecule has 4 saturated heterocycles. The number of amides is 6. The number of ether oxygens (including phenoxy) is 6. The van der Waals surface area contributed by atoms with Gasteiger partial charge in [0.2, 0.25) is 41.7 Å². The van der Waals surface area contributed by atoms with E-state index >= 15 is 9.59 Å². The van der Waals surface area contributed by atoms with Crippen LogP contribution in [0.2, 0.25) is 0 Å². The molecule has 6 amide bonds. The molecule has 0 saturated carbocycles. The van der Waals surface area contributed by atoms with Crippen LogP contribution in [0.5, 0.6) is 5.75 Å². The third-order valence-corrected chi connectivity index (χ3v) is 18.0. The summed E-state index contributed by atoms with van der Waals surface area (Å²) < 4.78 is 34.9. The highest BCUT2D eigenvalue weighted by Crippen LogP contribution is 2.33. The molecule has 3 aromatic rings. The van der Waals surface area contributed by atoms with Crippen molar-refractivity contribution in [3.05, 3.63) is 101 Å². The number of hydrogen-bond acceptors (Lipinski definition) is 31. The van der Waals surface area contributed by atoms with E-state index in [9.17, 15) is 85.6 Å². The predicted octanol–water partition coefficient (Wildman–Crippen LogP) is -11.1. The van der Waals surface area contributed by atoms with E-state index in [1.165, 1.54) is 24.3 Å². The van der Waals surface area contributed by atoms with E-state index in [4.69, 9.17) is 39.9 Å². The number of nitrogens with zero attached hydrogens (tertiary/aromatic N) is 3. The summed E-state index contributed by atoms with van der Waals surface area (Å²) in [4.78, 5) is 96.5. The van der Waals surface area contributed by atoms with Crippen molar-refractivity contribution in [1.82, 2.24) is 42.1 Å². The van der Waals surface area contributed by atoms with Crippen LogP contribution in [0.1, 0.15) is 35.1 Å². The van der Waals surface area contributed by atoms with Gasteiger partial charge >= 0.3 is 0 Å². The van der Waals surface area contributed by atoms with Crippen LogP contribution in [0.4, 0.5) is 0 Å². The number of aliphatic hydroxyl groups is 13. The molecule has 24 N–H and O–H groups in total. The number of hydrogen-bond donors (Lipinski definition) is 22. The van der Waals surface area contributed by atoms with Crippen LogP contribution in [-0.4, -0.2) is 311 Å². The lowest BCUT2D eigenvalue weighted by Gasteiger charge is -2.46. The number of carbonyl (C=O) groups excluding carboxylic acids is 6. The minimum atomic E-state index is -2.35. The molecule has 9 rings (SSSR count). The van der Waals surface area contributed by atoms with E-state index in [0.717, 1.165) is 16.0 Å². The number of nitrogens with two attached hydrogens (primary N) is 2. The lowest BCUT2D eigenvalue weighted by molar-refractivity contribution is -0.353. The molecule has 37 nitrogen and oxygen atoms in total. The third-order valence-electron chi connectivity index (χ3n) is 18.0. The van der Waals surface area contributed by atoms with E-state index in [2.05, 4.69) is 47.2 Å². The molecular formula is C62H86N12O25. The van der Waals surface area contributed by atoms with Gasteiger partial charge in [-0.1, -0.05) is 79.2 Å². The maximum atomic E-state index is 15.2. The van der Waals surface area contributed by atoms with Crippen molar-refractivity contribution >= 4 is 47.4 Å². The standard InChI is InChI=1S/C62H86N12O25/c1-25-8-10-28(11-9-25)23-94-24-37-45(82)47(84)50(87)60(98-37)99-52-36(22-77)97-59(51(88)48(52)85)95-30-14-12-27(13-15-30)16-31-54(90)72-40(42(79)32-17-66-61(63)70-32)57(93)73-41(43(80)34-18-67-62(64)74(34)58-49(86)46(83)44(81)35(21-76)96-58)56(92)69-33(20-75)53(89)65-19-38(78)71-39(55(91)68-31)26(2)29-6-4-3-5-7-29/h3-15,26,31-37,39-52,58-60,75-77,79-88H,16-24H2,1-2H3,(H2,64,67)(H,65,89)(H,68,91)(H,69,92)(H,71,78)(H,72,90)(H,73,93)(H3,63,66,70). The zero-order valence-electron chi connectivity index (χ0n) is 53.5. The van der Waals surface area contributed by atoms with Gasteiger partial charge in [0, 0.05) is 12.3 Å². The zero-order chi connectivity index (χ0) is 71.7. The quantitative estimate of drug-likeness (QED) is 0.0499. The Labute approximate surface area is 565 Å². The van der Waals surface area contributed by atoms with Crippen molar-refractivity contribution in [3.63, 3.8) is 0 Å². The molecule has 0 aliphatic carbocycles. The van der Waals surface area contributed by atoms with Gasteiger partial charge in [-0.2, -0.15) is 0 Å². The summed E-state index contributed by atoms with van der Waals surface area (Å²) in [6, 6.07) is 8.32. The Balaban J connectivity index is 0.981. The van der Waals surface area contributed by atoms with Gasteiger partial charge < -0.3 is 148 Å². The molecule has 6 heterocycles. The highest BCUT2D eigenvalue weighted by molar-refractivity contribution is 5.98. The highest BCUT2D eigenvalue weighted by Gasteiger charge is 2.54. The monoisotopic (exact) mass is 1400 g/mol. The Hall–Kier alpha value is -7.90. The topological polar surface area (TPSA) is 585 Å². The van der Waals surface area contributed by atoms with Crippen LogP contribution in [-0.2, 0) is 65.5 Å². The molecule has 6 aliphatic heterocycles. The van der Waals surface area contributed by atoms with E-state index in [1.54, 1.807) is 37.3 Å². The minimum absolute atomic E-state index is 0.0629. The molecule has 25 unspecified atom stereocenters. The smallest absolute Gasteiger partial charge is 0.246 e. The van der Waals surface area contributed by atoms with Crippen molar-refractivity contribution in [1.29, 1.82) is 0 Å². The highest BCUT2D eigenvalue weighted by atomic mass is 16.7. The number of nitrogens with one attached hydrogen (secondary N) is 7. The second kappa shape index (κ2) is 33.5. The Morgan fingerprint density at radius 2 is 1.17 bits per heavy atom. The van der Waals surface area contributed by atoms with E-state index in [1.807, 2.05) is 31.2 Å². The summed E-state index contributed by atoms with van der Waals surface area (Å²) in [6.45, 7) is -1.40. The van der Waals surface area contributed by atoms with Gasteiger partial charge in [-0.25, -0.2) is 0 Å². The molecule has 25 atom stereocenters. The maximum absolute atomic E-state index is 15.2. The molecule has 99 heavy (non-hydrogen) atoms. The first-order chi connectivity index (χ1) is 47.2. The largest absolute Gasteiger partial charge is 0.462 e. The van der Waals surface area contributed by atoms with Crippen LogP contribution in [0.25, 0.3) is 0 Å². The van der Waals surface area contributed by atoms with Crippen LogP contribution in [0, 0.1) is 6.92 Å². The first-order valence-electron chi connectivity index (χ1n) is 31.8. The molecule has 0 aromatic heterocycles. The lowest BCUT2D eigenvalue weighted by Crippen LogP contribution is -2.70. The van der Waals surface area contributed by atoms with E-state index < -0.39 is 233 Å². The summed E-state index contributed by atoms with van der Waals surface area (Å²) in [5.74, 6) is -8.97. The summed E-state index contributed by atoms with van der Waals surface area (Å²) in [6.07, 6.45) is -31.3. The van der Waals surface area contributed by atoms with E-state index in [-0.39, 0.29) is 37.0 Å². The number of rotatable bonds is 20. The number of guanidine groups is 2. The number of benzene rings is 3. The molecule has 0 spiro atoms. The summed E-state index contributed by atoms with van der Waals surface area (Å²) in [7, 11) is 0. The van der Waals surface area contributed by atoms with Crippen LogP contribution < -0.4 is 53.4 Å². The van der Waals surface area contributed by atoms with Crippen LogP contribution >= 0.6 is 0 Å². The normalized spacial score (nSPS) is 35.4. The van der Waals surface area contributed by atoms with Gasteiger partial charge in [0.1, 0.15) is 121 Å². The van der Waals surface area contributed by atoms with Gasteiger partial charge in [-0.05, 0) is 35.7 Å². The Kier molecular flexibility index (Phi) is 25.5. The SMILES string of the molecule is Cc1ccc(COCC2OC(OC3C(CO)OC(Oc4ccc(CC5NC(=O)C(C(C)c6ccccc6)NC(=O)CNC(=O)C(CO)NC(=O)C(C(O)C6CN=C(N)N6C6OC(CO)C(O)C(O)C6O)NC(=O)C(C(O)C6CN=C(N)N6)NC5=O)cc4)C(O)C3O)C(O)C(O)C2O)cc1. The summed E-state index contributed by atoms with van der Waals surface area (Å²) in [5, 5.41) is 160. The van der Waals surface area contributed by atoms with Gasteiger partial charge in [0.05, 0.1) is 64.8 Å². The Bertz CT molecular complexity index is 3310. The van der Waals surface area contributed by atoms with Crippen LogP contribution in [0.3, 0.4) is 0 Å². The fraction of sp³-hybridized carbons (Fsp3) is 0.581. The van der Waals surface area contributed by atoms with Crippen LogP contribution in [0.15, 0.2) is 88.8 Å². The first kappa shape index (κ1) is 75.3. The maximum Gasteiger partial charge on any atom is 0.246 e. The molecule has 0 bridgehead atoms. The number of aryl methyl sites for hydroxylation is 1. The van der Waals surface area contributed by atoms with Crippen molar-refractivity contribution in [2.24, 2.45) is 21.5 Å². The lowest BCUT2D eigenvalue weighted by atomic mass is 9.92. The average Bonchev–Trinajstić information content (AvgIpc) is 1.73. The second-order valence-corrected chi connectivity index (χ2v) is 24.9. The minimum Gasteiger partial charge on any atom is -0.462 e. The predicted molar refractivity (Wildman–Crippen MR) is 337 cm³/mol. The van der Waals surface area contributed by atoms with Gasteiger partial charge in [-0.3, -0.25) is 38.8 Å². The zero-order valence-corrected chi connectivity index (χ0v) is 53.5. The van der Waals surface area contributed by atoms with Crippen molar-refractivity contribution < 1.29 is 124 Å². The first-order valence-corrected chi connectivity index (χ1v) is 31.8. The average molecular weight is 1400 g/mol. The molecule has 6 aliphatic rings. The van der Waals surface area contributed by atoms with E-state index in [0.29, 0.717) is 5.56 Å².